The lowest BCUT2D eigenvalue weighted by Crippen LogP contribution is -2.13. The standard InChI is InChI=1S/C10H12F2O/c1-10(11,12)6-8-2-4-9(7-13)5-3-8/h2-5,13H,6-7H2,1H3. The third-order valence-corrected chi connectivity index (χ3v) is 1.72. The Bertz CT molecular complexity index is 261. The van der Waals surface area contributed by atoms with Crippen molar-refractivity contribution < 1.29 is 13.9 Å². The van der Waals surface area contributed by atoms with E-state index in [2.05, 4.69) is 0 Å². The molecule has 0 radical (unpaired) electrons. The molecule has 0 fully saturated rings. The molecule has 0 amide bonds. The minimum Gasteiger partial charge on any atom is -0.392 e. The number of alkyl halides is 2. The normalized spacial score (nSPS) is 11.7. The van der Waals surface area contributed by atoms with Crippen LogP contribution in [0.4, 0.5) is 8.78 Å². The minimum absolute atomic E-state index is 0.0528. The number of benzene rings is 1. The van der Waals surface area contributed by atoms with Crippen LogP contribution in [0, 0.1) is 0 Å². The van der Waals surface area contributed by atoms with E-state index < -0.39 is 5.92 Å². The van der Waals surface area contributed by atoms with Gasteiger partial charge in [-0.15, -0.1) is 0 Å². The van der Waals surface area contributed by atoms with Crippen LogP contribution in [0.3, 0.4) is 0 Å². The number of aliphatic hydroxyl groups is 1. The molecule has 0 aliphatic rings. The zero-order chi connectivity index (χ0) is 9.90. The van der Waals surface area contributed by atoms with E-state index in [4.69, 9.17) is 5.11 Å². The summed E-state index contributed by atoms with van der Waals surface area (Å²) in [5.74, 6) is -2.67. The summed E-state index contributed by atoms with van der Waals surface area (Å²) >= 11 is 0. The van der Waals surface area contributed by atoms with E-state index >= 15 is 0 Å². The molecule has 0 bridgehead atoms. The first-order chi connectivity index (χ1) is 6.01. The van der Waals surface area contributed by atoms with E-state index in [1.54, 1.807) is 24.3 Å². The quantitative estimate of drug-likeness (QED) is 0.768. The van der Waals surface area contributed by atoms with Crippen molar-refractivity contribution in [3.8, 4) is 0 Å². The number of hydrogen-bond acceptors (Lipinski definition) is 1. The summed E-state index contributed by atoms with van der Waals surface area (Å²) in [6.07, 6.45) is -0.251. The largest absolute Gasteiger partial charge is 0.392 e. The Morgan fingerprint density at radius 1 is 1.15 bits per heavy atom. The molecule has 0 saturated carbocycles. The molecule has 1 aromatic rings. The molecule has 1 aromatic carbocycles. The van der Waals surface area contributed by atoms with Gasteiger partial charge in [0.1, 0.15) is 0 Å². The zero-order valence-corrected chi connectivity index (χ0v) is 7.43. The van der Waals surface area contributed by atoms with E-state index in [9.17, 15) is 8.78 Å². The SMILES string of the molecule is CC(F)(F)Cc1ccc(CO)cc1. The second-order valence-corrected chi connectivity index (χ2v) is 3.22. The maximum Gasteiger partial charge on any atom is 0.249 e. The van der Waals surface area contributed by atoms with Gasteiger partial charge in [-0.25, -0.2) is 8.78 Å². The van der Waals surface area contributed by atoms with Gasteiger partial charge in [0.25, 0.3) is 0 Å². The lowest BCUT2D eigenvalue weighted by molar-refractivity contribution is 0.0226. The molecule has 3 heteroatoms. The van der Waals surface area contributed by atoms with Crippen molar-refractivity contribution in [1.82, 2.24) is 0 Å². The van der Waals surface area contributed by atoms with Gasteiger partial charge in [0.2, 0.25) is 5.92 Å². The maximum absolute atomic E-state index is 12.5. The number of rotatable bonds is 3. The molecule has 13 heavy (non-hydrogen) atoms. The fraction of sp³-hybridized carbons (Fsp3) is 0.400. The predicted molar refractivity (Wildman–Crippen MR) is 46.7 cm³/mol. The molecule has 1 nitrogen and oxygen atoms in total. The van der Waals surface area contributed by atoms with E-state index in [0.717, 1.165) is 12.5 Å². The molecule has 0 aliphatic heterocycles. The van der Waals surface area contributed by atoms with Gasteiger partial charge in [-0.05, 0) is 18.1 Å². The zero-order valence-electron chi connectivity index (χ0n) is 7.43. The summed E-state index contributed by atoms with van der Waals surface area (Å²) < 4.78 is 25.1. The molecule has 0 heterocycles. The van der Waals surface area contributed by atoms with Gasteiger partial charge in [0.15, 0.2) is 0 Å². The molecule has 1 rings (SSSR count). The molecule has 0 aliphatic carbocycles. The molecule has 0 unspecified atom stereocenters. The van der Waals surface area contributed by atoms with E-state index in [1.165, 1.54) is 0 Å². The highest BCUT2D eigenvalue weighted by molar-refractivity contribution is 5.22. The molecule has 0 saturated heterocycles. The van der Waals surface area contributed by atoms with Gasteiger partial charge >= 0.3 is 0 Å². The molecular weight excluding hydrogens is 174 g/mol. The van der Waals surface area contributed by atoms with Crippen molar-refractivity contribution in [3.63, 3.8) is 0 Å². The Labute approximate surface area is 76.0 Å². The van der Waals surface area contributed by atoms with Gasteiger partial charge < -0.3 is 5.11 Å². The van der Waals surface area contributed by atoms with Crippen molar-refractivity contribution in [2.24, 2.45) is 0 Å². The minimum atomic E-state index is -2.67. The van der Waals surface area contributed by atoms with Crippen LogP contribution in [0.1, 0.15) is 18.1 Å². The van der Waals surface area contributed by atoms with Crippen LogP contribution in [-0.2, 0) is 13.0 Å². The Kier molecular flexibility index (Phi) is 2.98. The molecule has 0 atom stereocenters. The summed E-state index contributed by atoms with van der Waals surface area (Å²) in [5, 5.41) is 8.71. The van der Waals surface area contributed by atoms with Gasteiger partial charge in [-0.2, -0.15) is 0 Å². The van der Waals surface area contributed by atoms with Crippen LogP contribution < -0.4 is 0 Å². The summed E-state index contributed by atoms with van der Waals surface area (Å²) in [6, 6.07) is 6.54. The lowest BCUT2D eigenvalue weighted by Gasteiger charge is -2.09. The Hall–Kier alpha value is -0.960. The topological polar surface area (TPSA) is 20.2 Å². The Balaban J connectivity index is 2.70. The number of halogens is 2. The first kappa shape index (κ1) is 10.1. The third kappa shape index (κ3) is 3.51. The first-order valence-electron chi connectivity index (χ1n) is 4.08. The van der Waals surface area contributed by atoms with Crippen LogP contribution in [-0.4, -0.2) is 11.0 Å². The summed E-state index contributed by atoms with van der Waals surface area (Å²) in [7, 11) is 0. The average molecular weight is 186 g/mol. The fourth-order valence-electron chi connectivity index (χ4n) is 1.12. The molecule has 1 N–H and O–H groups in total. The molecule has 0 aromatic heterocycles. The second-order valence-electron chi connectivity index (χ2n) is 3.22. The van der Waals surface area contributed by atoms with E-state index in [0.29, 0.717) is 5.56 Å². The Morgan fingerprint density at radius 2 is 1.62 bits per heavy atom. The monoisotopic (exact) mass is 186 g/mol. The summed E-state index contributed by atoms with van der Waals surface area (Å²) in [6.45, 7) is 0.843. The predicted octanol–water partition coefficient (Wildman–Crippen LogP) is 2.38. The van der Waals surface area contributed by atoms with Crippen molar-refractivity contribution in [3.05, 3.63) is 35.4 Å². The van der Waals surface area contributed by atoms with Gasteiger partial charge in [0, 0.05) is 6.42 Å². The van der Waals surface area contributed by atoms with Crippen molar-refractivity contribution in [2.45, 2.75) is 25.9 Å². The number of aliphatic hydroxyl groups excluding tert-OH is 1. The summed E-state index contributed by atoms with van der Waals surface area (Å²) in [4.78, 5) is 0. The van der Waals surface area contributed by atoms with Gasteiger partial charge in [-0.3, -0.25) is 0 Å². The first-order valence-corrected chi connectivity index (χ1v) is 4.08. The lowest BCUT2D eigenvalue weighted by atomic mass is 10.1. The second kappa shape index (κ2) is 3.83. The summed E-state index contributed by atoms with van der Waals surface area (Å²) in [5.41, 5.74) is 1.33. The van der Waals surface area contributed by atoms with Crippen LogP contribution in [0.5, 0.6) is 0 Å². The van der Waals surface area contributed by atoms with Crippen LogP contribution in [0.15, 0.2) is 24.3 Å². The van der Waals surface area contributed by atoms with E-state index in [1.807, 2.05) is 0 Å². The average Bonchev–Trinajstić information content (AvgIpc) is 2.03. The van der Waals surface area contributed by atoms with Gasteiger partial charge in [-0.1, -0.05) is 24.3 Å². The highest BCUT2D eigenvalue weighted by Crippen LogP contribution is 2.18. The van der Waals surface area contributed by atoms with Crippen molar-refractivity contribution >= 4 is 0 Å². The van der Waals surface area contributed by atoms with Gasteiger partial charge in [0.05, 0.1) is 6.61 Å². The fourth-order valence-corrected chi connectivity index (χ4v) is 1.12. The molecule has 72 valence electrons. The maximum atomic E-state index is 12.5. The van der Waals surface area contributed by atoms with Crippen LogP contribution >= 0.6 is 0 Å². The van der Waals surface area contributed by atoms with Crippen LogP contribution in [0.25, 0.3) is 0 Å². The highest BCUT2D eigenvalue weighted by Gasteiger charge is 2.21. The van der Waals surface area contributed by atoms with Crippen molar-refractivity contribution in [2.75, 3.05) is 0 Å². The molecule has 0 spiro atoms. The molecular formula is C10H12F2O. The Morgan fingerprint density at radius 3 is 2.00 bits per heavy atom. The van der Waals surface area contributed by atoms with Crippen molar-refractivity contribution in [1.29, 1.82) is 0 Å². The third-order valence-electron chi connectivity index (χ3n) is 1.72. The smallest absolute Gasteiger partial charge is 0.249 e. The van der Waals surface area contributed by atoms with E-state index in [-0.39, 0.29) is 13.0 Å². The highest BCUT2D eigenvalue weighted by atomic mass is 19.3. The number of hydrogen-bond donors (Lipinski definition) is 1. The van der Waals surface area contributed by atoms with Crippen LogP contribution in [0.2, 0.25) is 0 Å².